The van der Waals surface area contributed by atoms with Crippen molar-refractivity contribution in [2.45, 2.75) is 12.6 Å². The van der Waals surface area contributed by atoms with Crippen LogP contribution in [0, 0.1) is 0 Å². The highest BCUT2D eigenvalue weighted by Gasteiger charge is 2.29. The SMILES string of the molecule is CN(Cc1nc2ccsc2c(=O)[nH]1)C(=O)[C@H]1COCCN1C. The lowest BCUT2D eigenvalue weighted by molar-refractivity contribution is -0.141. The number of carbonyl (C=O) groups excluding carboxylic acids is 1. The Kier molecular flexibility index (Phi) is 4.23. The van der Waals surface area contributed by atoms with E-state index in [2.05, 4.69) is 9.97 Å². The predicted octanol–water partition coefficient (Wildman–Crippen LogP) is 0.274. The van der Waals surface area contributed by atoms with E-state index in [0.29, 0.717) is 29.3 Å². The molecule has 3 heterocycles. The quantitative estimate of drug-likeness (QED) is 0.878. The number of fused-ring (bicyclic) bond motifs is 1. The Labute approximate surface area is 131 Å². The Balaban J connectivity index is 1.75. The van der Waals surface area contributed by atoms with Gasteiger partial charge in [0.1, 0.15) is 16.6 Å². The molecule has 2 aromatic rings. The van der Waals surface area contributed by atoms with Gasteiger partial charge in [-0.25, -0.2) is 4.98 Å². The van der Waals surface area contributed by atoms with E-state index in [-0.39, 0.29) is 24.1 Å². The molecular weight excluding hydrogens is 304 g/mol. The van der Waals surface area contributed by atoms with Gasteiger partial charge >= 0.3 is 0 Å². The van der Waals surface area contributed by atoms with Crippen LogP contribution < -0.4 is 5.56 Å². The molecule has 0 aromatic carbocycles. The van der Waals surface area contributed by atoms with Gasteiger partial charge in [0.15, 0.2) is 0 Å². The Morgan fingerprint density at radius 1 is 1.64 bits per heavy atom. The molecule has 0 spiro atoms. The summed E-state index contributed by atoms with van der Waals surface area (Å²) in [7, 11) is 3.62. The van der Waals surface area contributed by atoms with E-state index >= 15 is 0 Å². The van der Waals surface area contributed by atoms with Crippen LogP contribution >= 0.6 is 11.3 Å². The number of likely N-dealkylation sites (N-methyl/N-ethyl adjacent to an activating group) is 2. The largest absolute Gasteiger partial charge is 0.378 e. The average molecular weight is 322 g/mol. The van der Waals surface area contributed by atoms with Crippen molar-refractivity contribution in [3.63, 3.8) is 0 Å². The molecule has 8 heteroatoms. The first-order chi connectivity index (χ1) is 10.6. The second-order valence-corrected chi connectivity index (χ2v) is 6.33. The summed E-state index contributed by atoms with van der Waals surface area (Å²) >= 11 is 1.36. The molecule has 1 N–H and O–H groups in total. The standard InChI is InChI=1S/C14H18N4O3S/c1-17-4-5-21-8-10(17)14(20)18(2)7-11-15-9-3-6-22-12(9)13(19)16-11/h3,6,10H,4-5,7-8H2,1-2H3,(H,15,16,19)/t10-/m1/s1. The maximum absolute atomic E-state index is 12.5. The number of ether oxygens (including phenoxy) is 1. The lowest BCUT2D eigenvalue weighted by atomic mass is 10.2. The van der Waals surface area contributed by atoms with E-state index < -0.39 is 0 Å². The number of hydrogen-bond donors (Lipinski definition) is 1. The molecule has 1 saturated heterocycles. The fourth-order valence-electron chi connectivity index (χ4n) is 2.50. The summed E-state index contributed by atoms with van der Waals surface area (Å²) in [5.74, 6) is 0.460. The zero-order valence-corrected chi connectivity index (χ0v) is 13.4. The topological polar surface area (TPSA) is 78.5 Å². The van der Waals surface area contributed by atoms with Gasteiger partial charge in [0.05, 0.1) is 25.3 Å². The summed E-state index contributed by atoms with van der Waals surface area (Å²) < 4.78 is 5.99. The van der Waals surface area contributed by atoms with Gasteiger partial charge in [-0.3, -0.25) is 14.5 Å². The fraction of sp³-hybridized carbons (Fsp3) is 0.500. The van der Waals surface area contributed by atoms with Gasteiger partial charge in [0.2, 0.25) is 5.91 Å². The Morgan fingerprint density at radius 3 is 3.23 bits per heavy atom. The monoisotopic (exact) mass is 322 g/mol. The number of H-pyrrole nitrogens is 1. The predicted molar refractivity (Wildman–Crippen MR) is 84.0 cm³/mol. The molecule has 0 radical (unpaired) electrons. The van der Waals surface area contributed by atoms with E-state index in [9.17, 15) is 9.59 Å². The van der Waals surface area contributed by atoms with E-state index in [1.54, 1.807) is 11.9 Å². The summed E-state index contributed by atoms with van der Waals surface area (Å²) in [4.78, 5) is 35.1. The van der Waals surface area contributed by atoms with Crippen LogP contribution in [0.1, 0.15) is 5.82 Å². The van der Waals surface area contributed by atoms with Crippen molar-refractivity contribution in [3.05, 3.63) is 27.6 Å². The van der Waals surface area contributed by atoms with Crippen LogP contribution in [0.15, 0.2) is 16.2 Å². The normalized spacial score (nSPS) is 19.5. The van der Waals surface area contributed by atoms with Crippen molar-refractivity contribution in [2.24, 2.45) is 0 Å². The van der Waals surface area contributed by atoms with Gasteiger partial charge in [-0.15, -0.1) is 11.3 Å². The molecule has 118 valence electrons. The van der Waals surface area contributed by atoms with Crippen LogP contribution in [0.2, 0.25) is 0 Å². The molecule has 1 fully saturated rings. The highest BCUT2D eigenvalue weighted by Crippen LogP contribution is 2.14. The van der Waals surface area contributed by atoms with E-state index in [0.717, 1.165) is 6.54 Å². The molecule has 0 aliphatic carbocycles. The fourth-order valence-corrected chi connectivity index (χ4v) is 3.23. The van der Waals surface area contributed by atoms with Crippen LogP contribution in [-0.4, -0.2) is 65.6 Å². The molecule has 22 heavy (non-hydrogen) atoms. The number of aromatic nitrogens is 2. The molecule has 1 amide bonds. The summed E-state index contributed by atoms with van der Waals surface area (Å²) in [5.41, 5.74) is 0.511. The van der Waals surface area contributed by atoms with Crippen molar-refractivity contribution < 1.29 is 9.53 Å². The zero-order chi connectivity index (χ0) is 15.7. The molecule has 1 aliphatic rings. The van der Waals surface area contributed by atoms with Gasteiger partial charge in [-0.1, -0.05) is 0 Å². The third kappa shape index (κ3) is 2.90. The number of nitrogens with zero attached hydrogens (tertiary/aromatic N) is 3. The van der Waals surface area contributed by atoms with Crippen molar-refractivity contribution in [1.82, 2.24) is 19.8 Å². The Bertz CT molecular complexity index is 741. The molecule has 1 aliphatic heterocycles. The third-order valence-corrected chi connectivity index (χ3v) is 4.71. The first kappa shape index (κ1) is 15.1. The molecule has 0 unspecified atom stereocenters. The molecular formula is C14H18N4O3S. The summed E-state index contributed by atoms with van der Waals surface area (Å²) in [5, 5.41) is 1.83. The minimum atomic E-state index is -0.282. The maximum atomic E-state index is 12.5. The molecule has 2 aromatic heterocycles. The van der Waals surface area contributed by atoms with Crippen LogP contribution in [-0.2, 0) is 16.1 Å². The van der Waals surface area contributed by atoms with Gasteiger partial charge in [-0.2, -0.15) is 0 Å². The average Bonchev–Trinajstić information content (AvgIpc) is 2.96. The van der Waals surface area contributed by atoms with Crippen molar-refractivity contribution in [1.29, 1.82) is 0 Å². The minimum absolute atomic E-state index is 0.0322. The minimum Gasteiger partial charge on any atom is -0.378 e. The number of thiophene rings is 1. The van der Waals surface area contributed by atoms with Gasteiger partial charge in [0.25, 0.3) is 5.56 Å². The van der Waals surface area contributed by atoms with Gasteiger partial charge < -0.3 is 14.6 Å². The zero-order valence-electron chi connectivity index (χ0n) is 12.5. The van der Waals surface area contributed by atoms with Gasteiger partial charge in [-0.05, 0) is 18.5 Å². The van der Waals surface area contributed by atoms with Crippen LogP contribution in [0.25, 0.3) is 10.2 Å². The summed E-state index contributed by atoms with van der Waals surface area (Å²) in [6.07, 6.45) is 0. The molecule has 7 nitrogen and oxygen atoms in total. The van der Waals surface area contributed by atoms with E-state index in [1.807, 2.05) is 23.4 Å². The second kappa shape index (κ2) is 6.15. The highest BCUT2D eigenvalue weighted by atomic mass is 32.1. The van der Waals surface area contributed by atoms with Crippen LogP contribution in [0.5, 0.6) is 0 Å². The number of aromatic amines is 1. The van der Waals surface area contributed by atoms with Crippen LogP contribution in [0.3, 0.4) is 0 Å². The molecule has 0 saturated carbocycles. The third-order valence-electron chi connectivity index (χ3n) is 3.81. The van der Waals surface area contributed by atoms with Crippen LogP contribution in [0.4, 0.5) is 0 Å². The number of morpholine rings is 1. The lowest BCUT2D eigenvalue weighted by Gasteiger charge is -2.33. The summed E-state index contributed by atoms with van der Waals surface area (Å²) in [6, 6.07) is 1.53. The number of rotatable bonds is 3. The van der Waals surface area contributed by atoms with E-state index in [1.165, 1.54) is 11.3 Å². The van der Waals surface area contributed by atoms with Crippen molar-refractivity contribution >= 4 is 27.5 Å². The van der Waals surface area contributed by atoms with Crippen molar-refractivity contribution in [2.75, 3.05) is 33.9 Å². The number of hydrogen-bond acceptors (Lipinski definition) is 6. The Morgan fingerprint density at radius 2 is 2.45 bits per heavy atom. The Hall–Kier alpha value is -1.77. The maximum Gasteiger partial charge on any atom is 0.268 e. The molecule has 3 rings (SSSR count). The first-order valence-electron chi connectivity index (χ1n) is 7.05. The lowest BCUT2D eigenvalue weighted by Crippen LogP contribution is -2.52. The highest BCUT2D eigenvalue weighted by molar-refractivity contribution is 7.17. The van der Waals surface area contributed by atoms with E-state index in [4.69, 9.17) is 4.74 Å². The number of nitrogens with one attached hydrogen (secondary N) is 1. The molecule has 0 bridgehead atoms. The van der Waals surface area contributed by atoms with Gasteiger partial charge in [0, 0.05) is 13.6 Å². The number of carbonyl (C=O) groups is 1. The summed E-state index contributed by atoms with van der Waals surface area (Å²) in [6.45, 7) is 2.05. The second-order valence-electron chi connectivity index (χ2n) is 5.41. The number of amides is 1. The smallest absolute Gasteiger partial charge is 0.268 e. The molecule has 1 atom stereocenters. The van der Waals surface area contributed by atoms with Crippen molar-refractivity contribution in [3.8, 4) is 0 Å². The first-order valence-corrected chi connectivity index (χ1v) is 7.93.